The SMILES string of the molecule is CCCCCCCCCCCCCCCOCCCOP(=O)(O)COC(C)(C)C. The highest BCUT2D eigenvalue weighted by atomic mass is 31.2. The third-order valence-electron chi connectivity index (χ3n) is 4.78. The van der Waals surface area contributed by atoms with E-state index in [9.17, 15) is 9.46 Å². The molecule has 176 valence electrons. The fourth-order valence-corrected chi connectivity index (χ4v) is 4.04. The Bertz CT molecular complexity index is 395. The molecule has 0 aliphatic heterocycles. The van der Waals surface area contributed by atoms with Crippen LogP contribution in [-0.2, 0) is 18.6 Å². The molecule has 0 aromatic rings. The third kappa shape index (κ3) is 24.2. The monoisotopic (exact) mass is 436 g/mol. The van der Waals surface area contributed by atoms with Crippen LogP contribution in [-0.4, -0.2) is 36.7 Å². The molecule has 0 aromatic heterocycles. The van der Waals surface area contributed by atoms with E-state index >= 15 is 0 Å². The van der Waals surface area contributed by atoms with E-state index in [-0.39, 0.29) is 13.0 Å². The second-order valence-corrected chi connectivity index (χ2v) is 10.9. The summed E-state index contributed by atoms with van der Waals surface area (Å²) in [6.45, 7) is 9.36. The van der Waals surface area contributed by atoms with Gasteiger partial charge in [-0.05, 0) is 33.6 Å². The zero-order chi connectivity index (χ0) is 21.8. The first-order chi connectivity index (χ1) is 13.8. The molecule has 0 radical (unpaired) electrons. The number of ether oxygens (including phenoxy) is 2. The molecule has 0 aromatic carbocycles. The lowest BCUT2D eigenvalue weighted by Gasteiger charge is -2.21. The second-order valence-electron chi connectivity index (χ2n) is 9.07. The first-order valence-electron chi connectivity index (χ1n) is 11.9. The highest BCUT2D eigenvalue weighted by Gasteiger charge is 2.23. The van der Waals surface area contributed by atoms with E-state index in [1.807, 2.05) is 20.8 Å². The van der Waals surface area contributed by atoms with Crippen LogP contribution < -0.4 is 0 Å². The molecule has 0 rings (SSSR count). The fourth-order valence-electron chi connectivity index (χ4n) is 3.00. The molecule has 0 aliphatic rings. The Morgan fingerprint density at radius 3 is 1.62 bits per heavy atom. The second kappa shape index (κ2) is 18.8. The molecule has 0 amide bonds. The lowest BCUT2D eigenvalue weighted by atomic mass is 10.0. The summed E-state index contributed by atoms with van der Waals surface area (Å²) in [6, 6.07) is 0. The molecule has 0 heterocycles. The van der Waals surface area contributed by atoms with Crippen LogP contribution in [0.25, 0.3) is 0 Å². The topological polar surface area (TPSA) is 65.0 Å². The van der Waals surface area contributed by atoms with Gasteiger partial charge >= 0.3 is 7.60 Å². The van der Waals surface area contributed by atoms with Crippen molar-refractivity contribution in [1.82, 2.24) is 0 Å². The Hall–Kier alpha value is 0.0700. The lowest BCUT2D eigenvalue weighted by Crippen LogP contribution is -2.20. The van der Waals surface area contributed by atoms with E-state index in [4.69, 9.17) is 14.0 Å². The van der Waals surface area contributed by atoms with Crippen molar-refractivity contribution in [3.05, 3.63) is 0 Å². The van der Waals surface area contributed by atoms with E-state index in [1.165, 1.54) is 77.0 Å². The molecule has 0 bridgehead atoms. The quantitative estimate of drug-likeness (QED) is 0.149. The van der Waals surface area contributed by atoms with E-state index in [1.54, 1.807) is 0 Å². The molecule has 29 heavy (non-hydrogen) atoms. The molecule has 6 heteroatoms. The van der Waals surface area contributed by atoms with E-state index in [2.05, 4.69) is 6.92 Å². The van der Waals surface area contributed by atoms with Gasteiger partial charge in [0.1, 0.15) is 6.35 Å². The van der Waals surface area contributed by atoms with Crippen molar-refractivity contribution in [3.8, 4) is 0 Å². The van der Waals surface area contributed by atoms with Crippen LogP contribution in [0.4, 0.5) is 0 Å². The fraction of sp³-hybridized carbons (Fsp3) is 1.00. The maximum Gasteiger partial charge on any atom is 0.353 e. The summed E-state index contributed by atoms with van der Waals surface area (Å²) in [7, 11) is -3.66. The maximum atomic E-state index is 11.8. The van der Waals surface area contributed by atoms with Crippen LogP contribution in [0.1, 0.15) is 118 Å². The van der Waals surface area contributed by atoms with Gasteiger partial charge in [0.2, 0.25) is 0 Å². The van der Waals surface area contributed by atoms with Crippen LogP contribution in [0.5, 0.6) is 0 Å². The van der Waals surface area contributed by atoms with Crippen molar-refractivity contribution in [2.75, 3.05) is 26.2 Å². The number of unbranched alkanes of at least 4 members (excludes halogenated alkanes) is 12. The van der Waals surface area contributed by atoms with Crippen LogP contribution in [0.2, 0.25) is 0 Å². The van der Waals surface area contributed by atoms with Crippen LogP contribution in [0, 0.1) is 0 Å². The highest BCUT2D eigenvalue weighted by Crippen LogP contribution is 2.42. The number of hydrogen-bond donors (Lipinski definition) is 1. The molecule has 5 nitrogen and oxygen atoms in total. The molecule has 0 saturated carbocycles. The van der Waals surface area contributed by atoms with Gasteiger partial charge in [-0.1, -0.05) is 84.0 Å². The van der Waals surface area contributed by atoms with Gasteiger partial charge in [0, 0.05) is 13.2 Å². The molecule has 0 aliphatic carbocycles. The minimum Gasteiger partial charge on any atom is -0.381 e. The summed E-state index contributed by atoms with van der Waals surface area (Å²) >= 11 is 0. The summed E-state index contributed by atoms with van der Waals surface area (Å²) in [6.07, 6.45) is 17.9. The van der Waals surface area contributed by atoms with E-state index in [0.29, 0.717) is 13.0 Å². The average Bonchev–Trinajstić information content (AvgIpc) is 2.65. The van der Waals surface area contributed by atoms with Crippen molar-refractivity contribution in [3.63, 3.8) is 0 Å². The Morgan fingerprint density at radius 2 is 1.14 bits per heavy atom. The van der Waals surface area contributed by atoms with Crippen LogP contribution in [0.3, 0.4) is 0 Å². The van der Waals surface area contributed by atoms with Crippen LogP contribution >= 0.6 is 7.60 Å². The minimum atomic E-state index is -3.66. The first kappa shape index (κ1) is 29.1. The van der Waals surface area contributed by atoms with Gasteiger partial charge in [0.15, 0.2) is 0 Å². The van der Waals surface area contributed by atoms with Gasteiger partial charge < -0.3 is 18.9 Å². The van der Waals surface area contributed by atoms with Gasteiger partial charge in [-0.25, -0.2) is 0 Å². The van der Waals surface area contributed by atoms with Crippen molar-refractivity contribution in [2.45, 2.75) is 123 Å². The zero-order valence-electron chi connectivity index (χ0n) is 19.8. The largest absolute Gasteiger partial charge is 0.381 e. The summed E-state index contributed by atoms with van der Waals surface area (Å²) in [5.74, 6) is 0. The highest BCUT2D eigenvalue weighted by molar-refractivity contribution is 7.52. The summed E-state index contributed by atoms with van der Waals surface area (Å²) in [5, 5.41) is 0. The number of hydrogen-bond acceptors (Lipinski definition) is 4. The Morgan fingerprint density at radius 1 is 0.690 bits per heavy atom. The molecule has 0 fully saturated rings. The van der Waals surface area contributed by atoms with E-state index in [0.717, 1.165) is 13.0 Å². The zero-order valence-corrected chi connectivity index (χ0v) is 20.6. The first-order valence-corrected chi connectivity index (χ1v) is 13.7. The third-order valence-corrected chi connectivity index (χ3v) is 5.82. The van der Waals surface area contributed by atoms with Gasteiger partial charge in [-0.15, -0.1) is 0 Å². The van der Waals surface area contributed by atoms with Gasteiger partial charge in [0.05, 0.1) is 12.2 Å². The molecule has 0 spiro atoms. The molecule has 1 atom stereocenters. The molecule has 1 N–H and O–H groups in total. The van der Waals surface area contributed by atoms with Crippen molar-refractivity contribution >= 4 is 7.60 Å². The minimum absolute atomic E-state index is 0.222. The predicted octanol–water partition coefficient (Wildman–Crippen LogP) is 7.46. The van der Waals surface area contributed by atoms with Crippen molar-refractivity contribution in [1.29, 1.82) is 0 Å². The predicted molar refractivity (Wildman–Crippen MR) is 123 cm³/mol. The molecule has 0 saturated heterocycles. The molecular formula is C23H49O5P. The molecule has 1 unspecified atom stereocenters. The van der Waals surface area contributed by atoms with Gasteiger partial charge in [-0.3, -0.25) is 4.57 Å². The lowest BCUT2D eigenvalue weighted by molar-refractivity contribution is 0.0140. The van der Waals surface area contributed by atoms with Gasteiger partial charge in [0.25, 0.3) is 0 Å². The van der Waals surface area contributed by atoms with Crippen LogP contribution in [0.15, 0.2) is 0 Å². The Kier molecular flexibility index (Phi) is 18.9. The average molecular weight is 437 g/mol. The Balaban J connectivity index is 3.25. The summed E-state index contributed by atoms with van der Waals surface area (Å²) < 4.78 is 27.7. The Labute approximate surface area is 180 Å². The number of rotatable bonds is 21. The van der Waals surface area contributed by atoms with Crippen molar-refractivity contribution in [2.24, 2.45) is 0 Å². The smallest absolute Gasteiger partial charge is 0.353 e. The summed E-state index contributed by atoms with van der Waals surface area (Å²) in [4.78, 5) is 9.68. The molecular weight excluding hydrogens is 387 g/mol. The van der Waals surface area contributed by atoms with E-state index < -0.39 is 13.2 Å². The van der Waals surface area contributed by atoms with Gasteiger partial charge in [-0.2, -0.15) is 0 Å². The summed E-state index contributed by atoms with van der Waals surface area (Å²) in [5.41, 5.74) is -0.446. The van der Waals surface area contributed by atoms with Crippen molar-refractivity contribution < 1.29 is 23.5 Å². The maximum absolute atomic E-state index is 11.8. The normalized spacial score (nSPS) is 14.2. The standard InChI is InChI=1S/C23H49O5P/c1-5-6-7-8-9-10-11-12-13-14-15-16-17-19-26-20-18-21-28-29(24,25)22-27-23(2,3)4/h5-22H2,1-4H3,(H,24,25).